The van der Waals surface area contributed by atoms with E-state index in [2.05, 4.69) is 0 Å². The third kappa shape index (κ3) is 2.57. The van der Waals surface area contributed by atoms with E-state index in [1.807, 2.05) is 13.8 Å². The lowest BCUT2D eigenvalue weighted by Gasteiger charge is -2.28. The van der Waals surface area contributed by atoms with Gasteiger partial charge in [0.15, 0.2) is 17.3 Å². The average Bonchev–Trinajstić information content (AvgIpc) is 2.15. The van der Waals surface area contributed by atoms with Crippen LogP contribution in [0.1, 0.15) is 40.5 Å². The largest absolute Gasteiger partial charge is 0.298 e. The minimum absolute atomic E-state index is 0.121. The first-order valence-electron chi connectivity index (χ1n) is 5.93. The van der Waals surface area contributed by atoms with Crippen molar-refractivity contribution in [2.75, 3.05) is 0 Å². The zero-order valence-corrected chi connectivity index (χ0v) is 10.4. The Morgan fingerprint density at radius 2 is 1.50 bits per heavy atom. The summed E-state index contributed by atoms with van der Waals surface area (Å²) in [6.45, 7) is 7.49. The quantitative estimate of drug-likeness (QED) is 0.689. The molecule has 90 valence electrons. The van der Waals surface area contributed by atoms with Crippen molar-refractivity contribution in [3.05, 3.63) is 0 Å². The van der Waals surface area contributed by atoms with E-state index >= 15 is 0 Å². The van der Waals surface area contributed by atoms with Gasteiger partial charge in [-0.05, 0) is 11.8 Å². The Labute approximate surface area is 96.6 Å². The molecule has 3 heteroatoms. The van der Waals surface area contributed by atoms with Crippen LogP contribution in [-0.4, -0.2) is 17.3 Å². The SMILES string of the molecule is CC(C)C(=O)C1C(=O)CC(C(C)C)CC1=O. The minimum atomic E-state index is -0.963. The Morgan fingerprint density at radius 3 is 1.81 bits per heavy atom. The zero-order valence-electron chi connectivity index (χ0n) is 10.4. The van der Waals surface area contributed by atoms with Gasteiger partial charge in [-0.1, -0.05) is 27.7 Å². The monoisotopic (exact) mass is 224 g/mol. The molecule has 3 nitrogen and oxygen atoms in total. The number of hydrogen-bond donors (Lipinski definition) is 0. The molecule has 0 aromatic heterocycles. The van der Waals surface area contributed by atoms with Crippen LogP contribution in [0.25, 0.3) is 0 Å². The average molecular weight is 224 g/mol. The highest BCUT2D eigenvalue weighted by Gasteiger charge is 2.41. The summed E-state index contributed by atoms with van der Waals surface area (Å²) >= 11 is 0. The normalized spacial score (nSPS) is 26.6. The lowest BCUT2D eigenvalue weighted by atomic mass is 9.72. The number of rotatable bonds is 3. The predicted octanol–water partition coefficient (Wildman–Crippen LogP) is 2.03. The summed E-state index contributed by atoms with van der Waals surface area (Å²) in [4.78, 5) is 35.4. The molecule has 1 aliphatic rings. The summed E-state index contributed by atoms with van der Waals surface area (Å²) in [6, 6.07) is 0. The van der Waals surface area contributed by atoms with E-state index in [-0.39, 0.29) is 29.2 Å². The van der Waals surface area contributed by atoms with E-state index in [9.17, 15) is 14.4 Å². The Bertz CT molecular complexity index is 297. The first kappa shape index (κ1) is 13.1. The summed E-state index contributed by atoms with van der Waals surface area (Å²) in [5.41, 5.74) is 0. The number of Topliss-reactive ketones (excluding diaryl/α,β-unsaturated/α-hetero) is 3. The van der Waals surface area contributed by atoms with Gasteiger partial charge in [0.2, 0.25) is 0 Å². The van der Waals surface area contributed by atoms with Crippen molar-refractivity contribution in [3.8, 4) is 0 Å². The molecule has 0 aromatic rings. The van der Waals surface area contributed by atoms with Crippen LogP contribution in [0.4, 0.5) is 0 Å². The molecule has 0 N–H and O–H groups in total. The van der Waals surface area contributed by atoms with Crippen LogP contribution in [0, 0.1) is 23.7 Å². The summed E-state index contributed by atoms with van der Waals surface area (Å²) in [5.74, 6) is -1.32. The minimum Gasteiger partial charge on any atom is -0.298 e. The summed E-state index contributed by atoms with van der Waals surface area (Å²) in [6.07, 6.45) is 0.763. The smallest absolute Gasteiger partial charge is 0.153 e. The Hall–Kier alpha value is -0.990. The molecular weight excluding hydrogens is 204 g/mol. The Kier molecular flexibility index (Phi) is 4.00. The summed E-state index contributed by atoms with van der Waals surface area (Å²) in [5, 5.41) is 0. The van der Waals surface area contributed by atoms with Gasteiger partial charge < -0.3 is 0 Å². The first-order valence-corrected chi connectivity index (χ1v) is 5.93. The van der Waals surface area contributed by atoms with Gasteiger partial charge in [0.1, 0.15) is 5.92 Å². The molecule has 0 atom stereocenters. The first-order chi connectivity index (χ1) is 7.34. The maximum Gasteiger partial charge on any atom is 0.153 e. The highest BCUT2D eigenvalue weighted by atomic mass is 16.2. The number of hydrogen-bond acceptors (Lipinski definition) is 3. The van der Waals surface area contributed by atoms with Crippen molar-refractivity contribution in [2.45, 2.75) is 40.5 Å². The van der Waals surface area contributed by atoms with Gasteiger partial charge in [0, 0.05) is 18.8 Å². The Morgan fingerprint density at radius 1 is 1.06 bits per heavy atom. The molecule has 1 rings (SSSR count). The molecule has 0 unspecified atom stereocenters. The van der Waals surface area contributed by atoms with Crippen molar-refractivity contribution < 1.29 is 14.4 Å². The van der Waals surface area contributed by atoms with Gasteiger partial charge in [-0.15, -0.1) is 0 Å². The van der Waals surface area contributed by atoms with Gasteiger partial charge in [0.05, 0.1) is 0 Å². The van der Waals surface area contributed by atoms with Crippen molar-refractivity contribution >= 4 is 17.3 Å². The molecule has 0 amide bonds. The van der Waals surface area contributed by atoms with Crippen LogP contribution < -0.4 is 0 Å². The van der Waals surface area contributed by atoms with Crippen LogP contribution in [0.15, 0.2) is 0 Å². The van der Waals surface area contributed by atoms with Gasteiger partial charge in [-0.2, -0.15) is 0 Å². The van der Waals surface area contributed by atoms with E-state index < -0.39 is 5.92 Å². The molecule has 0 aromatic carbocycles. The highest BCUT2D eigenvalue weighted by Crippen LogP contribution is 2.30. The summed E-state index contributed by atoms with van der Waals surface area (Å²) in [7, 11) is 0. The van der Waals surface area contributed by atoms with Gasteiger partial charge in [-0.3, -0.25) is 14.4 Å². The van der Waals surface area contributed by atoms with Crippen molar-refractivity contribution in [3.63, 3.8) is 0 Å². The Balaban J connectivity index is 2.81. The molecule has 0 spiro atoms. The molecule has 0 saturated heterocycles. The molecule has 1 fully saturated rings. The predicted molar refractivity (Wildman–Crippen MR) is 60.9 cm³/mol. The van der Waals surface area contributed by atoms with Gasteiger partial charge in [-0.25, -0.2) is 0 Å². The maximum atomic E-state index is 11.8. The second-order valence-electron chi connectivity index (χ2n) is 5.34. The second kappa shape index (κ2) is 4.89. The van der Waals surface area contributed by atoms with Crippen LogP contribution in [0.2, 0.25) is 0 Å². The molecule has 1 aliphatic carbocycles. The standard InChI is InChI=1S/C13H20O3/c1-7(2)9-5-10(14)12(11(15)6-9)13(16)8(3)4/h7-9,12H,5-6H2,1-4H3. The highest BCUT2D eigenvalue weighted by molar-refractivity contribution is 6.21. The van der Waals surface area contributed by atoms with Crippen LogP contribution >= 0.6 is 0 Å². The lowest BCUT2D eigenvalue weighted by Crippen LogP contribution is -2.41. The fraction of sp³-hybridized carbons (Fsp3) is 0.769. The van der Waals surface area contributed by atoms with E-state index in [1.54, 1.807) is 13.8 Å². The van der Waals surface area contributed by atoms with Crippen LogP contribution in [0.5, 0.6) is 0 Å². The lowest BCUT2D eigenvalue weighted by molar-refractivity contribution is -0.145. The molecule has 0 radical (unpaired) electrons. The number of carbonyl (C=O) groups excluding carboxylic acids is 3. The third-order valence-electron chi connectivity index (χ3n) is 3.37. The number of carbonyl (C=O) groups is 3. The topological polar surface area (TPSA) is 51.2 Å². The molecule has 16 heavy (non-hydrogen) atoms. The number of ketones is 3. The zero-order chi connectivity index (χ0) is 12.5. The van der Waals surface area contributed by atoms with Crippen LogP contribution in [-0.2, 0) is 14.4 Å². The molecule has 0 heterocycles. The van der Waals surface area contributed by atoms with E-state index in [4.69, 9.17) is 0 Å². The second-order valence-corrected chi connectivity index (χ2v) is 5.34. The fourth-order valence-electron chi connectivity index (χ4n) is 2.13. The molecule has 0 aliphatic heterocycles. The van der Waals surface area contributed by atoms with Crippen molar-refractivity contribution in [1.82, 2.24) is 0 Å². The van der Waals surface area contributed by atoms with Crippen LogP contribution in [0.3, 0.4) is 0 Å². The van der Waals surface area contributed by atoms with Crippen molar-refractivity contribution in [1.29, 1.82) is 0 Å². The van der Waals surface area contributed by atoms with E-state index in [0.29, 0.717) is 18.8 Å². The molecule has 0 bridgehead atoms. The van der Waals surface area contributed by atoms with E-state index in [0.717, 1.165) is 0 Å². The molecule has 1 saturated carbocycles. The van der Waals surface area contributed by atoms with Gasteiger partial charge in [0.25, 0.3) is 0 Å². The van der Waals surface area contributed by atoms with E-state index in [1.165, 1.54) is 0 Å². The summed E-state index contributed by atoms with van der Waals surface area (Å²) < 4.78 is 0. The molecular formula is C13H20O3. The fourth-order valence-corrected chi connectivity index (χ4v) is 2.13. The third-order valence-corrected chi connectivity index (χ3v) is 3.37. The van der Waals surface area contributed by atoms with Gasteiger partial charge >= 0.3 is 0 Å². The van der Waals surface area contributed by atoms with Crippen molar-refractivity contribution in [2.24, 2.45) is 23.7 Å². The maximum absolute atomic E-state index is 11.8.